The van der Waals surface area contributed by atoms with E-state index in [1.807, 2.05) is 48.5 Å². The lowest BCUT2D eigenvalue weighted by molar-refractivity contribution is 0.653. The van der Waals surface area contributed by atoms with Gasteiger partial charge in [0.1, 0.15) is 16.7 Å². The van der Waals surface area contributed by atoms with Crippen molar-refractivity contribution in [3.8, 4) is 28.3 Å². The summed E-state index contributed by atoms with van der Waals surface area (Å²) in [7, 11) is 0. The lowest BCUT2D eigenvalue weighted by atomic mass is 10.1. The maximum absolute atomic E-state index is 6.29. The number of hydrogen-bond donors (Lipinski definition) is 0. The minimum atomic E-state index is 0.585. The molecular formula is C40H23N3O2. The quantitative estimate of drug-likeness (QED) is 0.210. The monoisotopic (exact) mass is 577 g/mol. The molecule has 0 saturated carbocycles. The minimum absolute atomic E-state index is 0.585. The van der Waals surface area contributed by atoms with Gasteiger partial charge in [0, 0.05) is 49.8 Å². The van der Waals surface area contributed by atoms with E-state index in [-0.39, 0.29) is 0 Å². The van der Waals surface area contributed by atoms with Gasteiger partial charge in [-0.25, -0.2) is 4.98 Å². The molecule has 10 aromatic rings. The first-order valence-corrected chi connectivity index (χ1v) is 15.0. The predicted molar refractivity (Wildman–Crippen MR) is 182 cm³/mol. The maximum atomic E-state index is 6.29. The molecule has 45 heavy (non-hydrogen) atoms. The Kier molecular flexibility index (Phi) is 4.93. The van der Waals surface area contributed by atoms with Crippen molar-refractivity contribution >= 4 is 65.8 Å². The second-order valence-corrected chi connectivity index (χ2v) is 11.4. The van der Waals surface area contributed by atoms with Crippen LogP contribution in [0.15, 0.2) is 148 Å². The second-order valence-electron chi connectivity index (χ2n) is 11.4. The Morgan fingerprint density at radius 1 is 0.444 bits per heavy atom. The van der Waals surface area contributed by atoms with E-state index in [1.54, 1.807) is 0 Å². The molecule has 0 aliphatic heterocycles. The van der Waals surface area contributed by atoms with Crippen LogP contribution in [0.1, 0.15) is 0 Å². The molecule has 4 aromatic heterocycles. The van der Waals surface area contributed by atoms with Crippen LogP contribution in [0.5, 0.6) is 0 Å². The van der Waals surface area contributed by atoms with E-state index in [2.05, 4.69) is 95.6 Å². The molecule has 5 nitrogen and oxygen atoms in total. The molecule has 0 atom stereocenters. The Morgan fingerprint density at radius 2 is 1.13 bits per heavy atom. The molecule has 0 radical (unpaired) electrons. The molecule has 0 fully saturated rings. The van der Waals surface area contributed by atoms with Crippen LogP contribution >= 0.6 is 0 Å². The van der Waals surface area contributed by atoms with Crippen LogP contribution in [0.25, 0.3) is 94.1 Å². The third kappa shape index (κ3) is 3.55. The van der Waals surface area contributed by atoms with Crippen molar-refractivity contribution in [3.63, 3.8) is 0 Å². The molecule has 0 aliphatic carbocycles. The first kappa shape index (κ1) is 24.3. The maximum Gasteiger partial charge on any atom is 0.231 e. The van der Waals surface area contributed by atoms with Gasteiger partial charge in [-0.1, -0.05) is 84.9 Å². The number of furan rings is 2. The Labute approximate surface area is 256 Å². The number of fused-ring (bicyclic) bond motifs is 9. The molecule has 6 aromatic carbocycles. The lowest BCUT2D eigenvalue weighted by Gasteiger charge is -2.10. The summed E-state index contributed by atoms with van der Waals surface area (Å²) >= 11 is 0. The SMILES string of the molecule is c1ccc(-c2nc(-c3ccc(-n4c5ccccc5c5cc6c(cc54)oc4ccccc46)cc3)nc3oc4ccccc4c23)cc1. The first-order chi connectivity index (χ1) is 22.3. The van der Waals surface area contributed by atoms with Gasteiger partial charge < -0.3 is 13.4 Å². The van der Waals surface area contributed by atoms with Crippen molar-refractivity contribution in [2.75, 3.05) is 0 Å². The van der Waals surface area contributed by atoms with Gasteiger partial charge in [0.2, 0.25) is 5.71 Å². The van der Waals surface area contributed by atoms with Crippen LogP contribution in [0.3, 0.4) is 0 Å². The zero-order chi connectivity index (χ0) is 29.5. The van der Waals surface area contributed by atoms with Gasteiger partial charge in [0.25, 0.3) is 0 Å². The van der Waals surface area contributed by atoms with Crippen molar-refractivity contribution in [1.82, 2.24) is 14.5 Å². The van der Waals surface area contributed by atoms with E-state index in [4.69, 9.17) is 18.8 Å². The second kappa shape index (κ2) is 9.15. The molecule has 210 valence electrons. The van der Waals surface area contributed by atoms with E-state index in [0.29, 0.717) is 11.5 Å². The topological polar surface area (TPSA) is 57.0 Å². The third-order valence-corrected chi connectivity index (χ3v) is 8.84. The van der Waals surface area contributed by atoms with E-state index < -0.39 is 0 Å². The normalized spacial score (nSPS) is 12.0. The third-order valence-electron chi connectivity index (χ3n) is 8.84. The van der Waals surface area contributed by atoms with Gasteiger partial charge in [-0.05, 0) is 48.5 Å². The van der Waals surface area contributed by atoms with Gasteiger partial charge >= 0.3 is 0 Å². The van der Waals surface area contributed by atoms with E-state index in [1.165, 1.54) is 10.8 Å². The highest BCUT2D eigenvalue weighted by molar-refractivity contribution is 6.17. The van der Waals surface area contributed by atoms with Crippen LogP contribution in [0, 0.1) is 0 Å². The Bertz CT molecular complexity index is 2750. The van der Waals surface area contributed by atoms with Gasteiger partial charge in [-0.15, -0.1) is 0 Å². The summed E-state index contributed by atoms with van der Waals surface area (Å²) in [5.41, 5.74) is 9.26. The van der Waals surface area contributed by atoms with Crippen LogP contribution in [0.4, 0.5) is 0 Å². The molecule has 0 spiro atoms. The molecule has 10 rings (SSSR count). The van der Waals surface area contributed by atoms with Gasteiger partial charge in [-0.3, -0.25) is 0 Å². The minimum Gasteiger partial charge on any atom is -0.456 e. The number of benzene rings is 6. The molecule has 4 heterocycles. The zero-order valence-electron chi connectivity index (χ0n) is 23.9. The highest BCUT2D eigenvalue weighted by atomic mass is 16.3. The van der Waals surface area contributed by atoms with Crippen LogP contribution in [-0.4, -0.2) is 14.5 Å². The molecular weight excluding hydrogens is 554 g/mol. The van der Waals surface area contributed by atoms with E-state index in [0.717, 1.165) is 71.8 Å². The van der Waals surface area contributed by atoms with Gasteiger partial charge in [-0.2, -0.15) is 4.98 Å². The summed E-state index contributed by atoms with van der Waals surface area (Å²) in [5.74, 6) is 0.623. The molecule has 0 bridgehead atoms. The summed E-state index contributed by atoms with van der Waals surface area (Å²) in [5, 5.41) is 6.60. The standard InChI is InChI=1S/C40H23N3O2/c1-2-10-24(11-3-1)38-37-29-14-6-9-17-35(29)45-40(37)42-39(41-38)25-18-20-26(21-19-25)43-32-15-7-4-12-27(32)30-22-31-28-13-5-8-16-34(28)44-36(31)23-33(30)43/h1-23H. The number of nitrogens with zero attached hydrogens (tertiary/aromatic N) is 3. The predicted octanol–water partition coefficient (Wildman–Crippen LogP) is 10.7. The molecule has 0 aliphatic rings. The molecule has 0 amide bonds. The lowest BCUT2D eigenvalue weighted by Crippen LogP contribution is -1.96. The fourth-order valence-electron chi connectivity index (χ4n) is 6.78. The van der Waals surface area contributed by atoms with Crippen molar-refractivity contribution in [2.24, 2.45) is 0 Å². The van der Waals surface area contributed by atoms with Crippen molar-refractivity contribution in [2.45, 2.75) is 0 Å². The Morgan fingerprint density at radius 3 is 1.96 bits per heavy atom. The van der Waals surface area contributed by atoms with Crippen molar-refractivity contribution in [3.05, 3.63) is 140 Å². The molecule has 0 saturated heterocycles. The summed E-state index contributed by atoms with van der Waals surface area (Å²) in [4.78, 5) is 10.0. The molecule has 0 unspecified atom stereocenters. The molecule has 5 heteroatoms. The van der Waals surface area contributed by atoms with Crippen LogP contribution < -0.4 is 0 Å². The van der Waals surface area contributed by atoms with Crippen LogP contribution in [-0.2, 0) is 0 Å². The zero-order valence-corrected chi connectivity index (χ0v) is 23.9. The largest absolute Gasteiger partial charge is 0.456 e. The summed E-state index contributed by atoms with van der Waals surface area (Å²) in [6, 6.07) is 48.0. The van der Waals surface area contributed by atoms with Gasteiger partial charge in [0.15, 0.2) is 5.82 Å². The number of hydrogen-bond acceptors (Lipinski definition) is 4. The van der Waals surface area contributed by atoms with E-state index in [9.17, 15) is 0 Å². The number of aromatic nitrogens is 3. The van der Waals surface area contributed by atoms with E-state index >= 15 is 0 Å². The smallest absolute Gasteiger partial charge is 0.231 e. The fourth-order valence-corrected chi connectivity index (χ4v) is 6.78. The first-order valence-electron chi connectivity index (χ1n) is 15.0. The summed E-state index contributed by atoms with van der Waals surface area (Å²) < 4.78 is 14.8. The average molecular weight is 578 g/mol. The Balaban J connectivity index is 1.16. The average Bonchev–Trinajstić information content (AvgIpc) is 3.76. The highest BCUT2D eigenvalue weighted by Gasteiger charge is 2.19. The van der Waals surface area contributed by atoms with Gasteiger partial charge in [0.05, 0.1) is 22.1 Å². The highest BCUT2D eigenvalue weighted by Crippen LogP contribution is 2.39. The summed E-state index contributed by atoms with van der Waals surface area (Å²) in [6.45, 7) is 0. The van der Waals surface area contributed by atoms with Crippen molar-refractivity contribution < 1.29 is 8.83 Å². The number of rotatable bonds is 3. The Hall–Kier alpha value is -6.20. The number of para-hydroxylation sites is 3. The summed E-state index contributed by atoms with van der Waals surface area (Å²) in [6.07, 6.45) is 0. The van der Waals surface area contributed by atoms with Crippen molar-refractivity contribution in [1.29, 1.82) is 0 Å². The van der Waals surface area contributed by atoms with Crippen LogP contribution in [0.2, 0.25) is 0 Å². The fraction of sp³-hybridized carbons (Fsp3) is 0. The molecule has 0 N–H and O–H groups in total.